The molecule has 0 fully saturated rings. The zero-order valence-corrected chi connectivity index (χ0v) is 25.9. The molecule has 4 rings (SSSR count). The Hall–Kier alpha value is -4.78. The number of fused-ring (bicyclic) bond motifs is 1. The van der Waals surface area contributed by atoms with E-state index in [1.165, 1.54) is 0 Å². The molecule has 2 aromatic carbocycles. The molecule has 222 valence electrons. The summed E-state index contributed by atoms with van der Waals surface area (Å²) >= 11 is 0. The fourth-order valence-electron chi connectivity index (χ4n) is 4.79. The third-order valence-corrected chi connectivity index (χ3v) is 7.19. The fourth-order valence-corrected chi connectivity index (χ4v) is 4.79. The normalized spacial score (nSPS) is 11.3. The highest BCUT2D eigenvalue weighted by atomic mass is 16.5. The summed E-state index contributed by atoms with van der Waals surface area (Å²) in [5.74, 6) is 1.47. The van der Waals surface area contributed by atoms with Crippen LogP contribution < -0.4 is 10.6 Å². The number of hydrogen-bond donors (Lipinski definition) is 2. The third-order valence-electron chi connectivity index (χ3n) is 7.19. The van der Waals surface area contributed by atoms with Gasteiger partial charge in [-0.25, -0.2) is 4.98 Å². The number of ether oxygens (including phenoxy) is 1. The van der Waals surface area contributed by atoms with E-state index >= 15 is 0 Å². The van der Waals surface area contributed by atoms with Gasteiger partial charge in [-0.3, -0.25) is 14.6 Å². The second-order valence-corrected chi connectivity index (χ2v) is 10.9. The number of aromatic nitrogens is 2. The van der Waals surface area contributed by atoms with E-state index in [-0.39, 0.29) is 11.8 Å². The molecule has 2 N–H and O–H groups in total. The minimum Gasteiger partial charge on any atom is -0.467 e. The second kappa shape index (κ2) is 14.4. The van der Waals surface area contributed by atoms with Gasteiger partial charge in [0, 0.05) is 35.8 Å². The monoisotopic (exact) mass is 576 g/mol. The Balaban J connectivity index is 1.40. The van der Waals surface area contributed by atoms with Gasteiger partial charge in [0.1, 0.15) is 5.76 Å². The maximum absolute atomic E-state index is 13.6. The molecular formula is C36H40N4O3. The van der Waals surface area contributed by atoms with Crippen molar-refractivity contribution in [1.82, 2.24) is 15.3 Å². The maximum Gasteiger partial charge on any atom is 0.256 e. The maximum atomic E-state index is 13.6. The summed E-state index contributed by atoms with van der Waals surface area (Å²) in [7, 11) is 0. The molecule has 0 aliphatic carbocycles. The summed E-state index contributed by atoms with van der Waals surface area (Å²) in [6.07, 6.45) is 6.24. The van der Waals surface area contributed by atoms with Crippen LogP contribution in [0.25, 0.3) is 22.3 Å². The largest absolute Gasteiger partial charge is 0.467 e. The number of unbranched alkanes of at least 4 members (excludes halogenated alkanes) is 1. The molecule has 43 heavy (non-hydrogen) atoms. The van der Waals surface area contributed by atoms with Crippen LogP contribution in [-0.2, 0) is 4.74 Å². The Morgan fingerprint density at radius 2 is 1.67 bits per heavy atom. The van der Waals surface area contributed by atoms with Gasteiger partial charge in [-0.15, -0.1) is 0 Å². The highest BCUT2D eigenvalue weighted by Crippen LogP contribution is 2.28. The number of allylic oxidation sites excluding steroid dienone is 4. The molecule has 0 bridgehead atoms. The van der Waals surface area contributed by atoms with Gasteiger partial charge in [-0.2, -0.15) is 0 Å². The average molecular weight is 577 g/mol. The zero-order valence-electron chi connectivity index (χ0n) is 25.9. The van der Waals surface area contributed by atoms with Crippen molar-refractivity contribution in [1.29, 1.82) is 0 Å². The predicted molar refractivity (Wildman–Crippen MR) is 174 cm³/mol. The first-order chi connectivity index (χ1) is 20.7. The van der Waals surface area contributed by atoms with Crippen LogP contribution in [0.2, 0.25) is 0 Å². The van der Waals surface area contributed by atoms with Gasteiger partial charge in [-0.1, -0.05) is 17.7 Å². The van der Waals surface area contributed by atoms with Crippen LogP contribution in [0.1, 0.15) is 78.8 Å². The number of carbonyl (C=O) groups excluding carboxylic acids is 2. The highest BCUT2D eigenvalue weighted by molar-refractivity contribution is 6.13. The molecule has 4 aromatic rings. The quantitative estimate of drug-likeness (QED) is 0.138. The fraction of sp³-hybridized carbons (Fsp3) is 0.278. The van der Waals surface area contributed by atoms with Crippen LogP contribution in [0.5, 0.6) is 0 Å². The molecule has 7 heteroatoms. The summed E-state index contributed by atoms with van der Waals surface area (Å²) in [6.45, 7) is 12.6. The van der Waals surface area contributed by atoms with Gasteiger partial charge in [0.05, 0.1) is 28.2 Å². The van der Waals surface area contributed by atoms with Crippen LogP contribution >= 0.6 is 0 Å². The summed E-state index contributed by atoms with van der Waals surface area (Å²) in [4.78, 5) is 35.6. The Bertz CT molecular complexity index is 1670. The number of aryl methyl sites for hydroxylation is 2. The molecule has 7 nitrogen and oxygen atoms in total. The van der Waals surface area contributed by atoms with E-state index in [4.69, 9.17) is 9.72 Å². The smallest absolute Gasteiger partial charge is 0.256 e. The van der Waals surface area contributed by atoms with Crippen LogP contribution in [0.3, 0.4) is 0 Å². The third kappa shape index (κ3) is 8.16. The van der Waals surface area contributed by atoms with Crippen molar-refractivity contribution in [2.45, 2.75) is 60.8 Å². The molecule has 0 saturated heterocycles. The Morgan fingerprint density at radius 1 is 0.907 bits per heavy atom. The first-order valence-electron chi connectivity index (χ1n) is 14.7. The summed E-state index contributed by atoms with van der Waals surface area (Å²) < 4.78 is 5.90. The van der Waals surface area contributed by atoms with E-state index in [2.05, 4.69) is 21.7 Å². The van der Waals surface area contributed by atoms with Gasteiger partial charge in [0.15, 0.2) is 0 Å². The standard InChI is InChI=1S/C36H40N4O3/c1-7-26(6)43-33(23(2)3)13-9-11-19-38-35(41)27-14-16-28(17-15-27)39-36(42)30-22-32(31-12-8-10-18-37-31)40-34-25(5)20-24(4)21-29(30)34/h7-8,10,12,14-18,20-22H,9,11,13,19H2,1-6H3,(H,38,41)(H,39,42)/b26-7-. The minimum absolute atomic E-state index is 0.146. The number of pyridine rings is 2. The van der Waals surface area contributed by atoms with E-state index in [1.54, 1.807) is 36.5 Å². The number of hydrogen-bond acceptors (Lipinski definition) is 5. The summed E-state index contributed by atoms with van der Waals surface area (Å²) in [5, 5.41) is 6.76. The Labute approximate surface area is 254 Å². The van der Waals surface area contributed by atoms with E-state index in [1.807, 2.05) is 71.9 Å². The van der Waals surface area contributed by atoms with Crippen molar-refractivity contribution in [3.05, 3.63) is 112 Å². The van der Waals surface area contributed by atoms with E-state index in [9.17, 15) is 9.59 Å². The lowest BCUT2D eigenvalue weighted by Gasteiger charge is -2.13. The van der Waals surface area contributed by atoms with Crippen molar-refractivity contribution in [2.24, 2.45) is 0 Å². The van der Waals surface area contributed by atoms with Crippen LogP contribution in [-0.4, -0.2) is 28.3 Å². The second-order valence-electron chi connectivity index (χ2n) is 10.9. The van der Waals surface area contributed by atoms with E-state index in [0.29, 0.717) is 34.7 Å². The molecule has 2 amide bonds. The van der Waals surface area contributed by atoms with Gasteiger partial charge >= 0.3 is 0 Å². The molecular weight excluding hydrogens is 536 g/mol. The van der Waals surface area contributed by atoms with Crippen molar-refractivity contribution >= 4 is 28.4 Å². The summed E-state index contributed by atoms with van der Waals surface area (Å²) in [5.41, 5.74) is 6.95. The van der Waals surface area contributed by atoms with Gasteiger partial charge < -0.3 is 15.4 Å². The molecule has 0 aliphatic heterocycles. The van der Waals surface area contributed by atoms with Gasteiger partial charge in [0.2, 0.25) is 0 Å². The van der Waals surface area contributed by atoms with E-state index < -0.39 is 0 Å². The molecule has 0 saturated carbocycles. The van der Waals surface area contributed by atoms with Crippen molar-refractivity contribution in [2.75, 3.05) is 11.9 Å². The van der Waals surface area contributed by atoms with Crippen molar-refractivity contribution < 1.29 is 14.3 Å². The lowest BCUT2D eigenvalue weighted by molar-refractivity contribution is 0.0952. The number of benzene rings is 2. The van der Waals surface area contributed by atoms with Crippen molar-refractivity contribution in [3.8, 4) is 11.4 Å². The number of nitrogens with one attached hydrogen (secondary N) is 2. The Kier molecular flexibility index (Phi) is 10.4. The van der Waals surface area contributed by atoms with Gasteiger partial charge in [-0.05, 0) is 120 Å². The van der Waals surface area contributed by atoms with Crippen LogP contribution in [0, 0.1) is 13.8 Å². The van der Waals surface area contributed by atoms with Crippen LogP contribution in [0.4, 0.5) is 5.69 Å². The molecule has 0 radical (unpaired) electrons. The molecule has 2 heterocycles. The lowest BCUT2D eigenvalue weighted by atomic mass is 10.00. The number of amides is 2. The predicted octanol–water partition coefficient (Wildman–Crippen LogP) is 8.30. The average Bonchev–Trinajstić information content (AvgIpc) is 3.00. The number of nitrogens with zero attached hydrogens (tertiary/aromatic N) is 2. The first-order valence-corrected chi connectivity index (χ1v) is 14.7. The molecule has 2 aromatic heterocycles. The molecule has 0 spiro atoms. The summed E-state index contributed by atoms with van der Waals surface area (Å²) in [6, 6.07) is 18.4. The lowest BCUT2D eigenvalue weighted by Crippen LogP contribution is -2.24. The SMILES string of the molecule is C/C=C(/C)OC(CCCCNC(=O)c1ccc(NC(=O)c2cc(-c3ccccn3)nc3c(C)cc(C)cc23)cc1)=C(C)C. The van der Waals surface area contributed by atoms with Crippen molar-refractivity contribution in [3.63, 3.8) is 0 Å². The number of carbonyl (C=O) groups is 2. The first kappa shape index (κ1) is 31.2. The topological polar surface area (TPSA) is 93.2 Å². The molecule has 0 atom stereocenters. The Morgan fingerprint density at radius 3 is 2.35 bits per heavy atom. The zero-order chi connectivity index (χ0) is 30.9. The minimum atomic E-state index is -0.254. The number of anilines is 1. The van der Waals surface area contributed by atoms with Gasteiger partial charge in [0.25, 0.3) is 11.8 Å². The number of rotatable bonds is 11. The van der Waals surface area contributed by atoms with E-state index in [0.717, 1.165) is 58.4 Å². The highest BCUT2D eigenvalue weighted by Gasteiger charge is 2.17. The van der Waals surface area contributed by atoms with Crippen LogP contribution in [0.15, 0.2) is 90.0 Å². The molecule has 0 unspecified atom stereocenters. The molecule has 0 aliphatic rings.